The van der Waals surface area contributed by atoms with E-state index in [4.69, 9.17) is 14.5 Å². The first-order valence-corrected chi connectivity index (χ1v) is 10.5. The second-order valence-electron chi connectivity index (χ2n) is 7.50. The Labute approximate surface area is 188 Å². The van der Waals surface area contributed by atoms with E-state index in [0.717, 1.165) is 74.1 Å². The van der Waals surface area contributed by atoms with Crippen LogP contribution in [0.1, 0.15) is 0 Å². The lowest BCUT2D eigenvalue weighted by molar-refractivity contribution is 0.0372. The summed E-state index contributed by atoms with van der Waals surface area (Å²) in [6.45, 7) is 6.55. The van der Waals surface area contributed by atoms with E-state index >= 15 is 0 Å². The van der Waals surface area contributed by atoms with Crippen LogP contribution in [0.5, 0.6) is 0 Å². The fourth-order valence-electron chi connectivity index (χ4n) is 3.87. The van der Waals surface area contributed by atoms with Gasteiger partial charge in [-0.1, -0.05) is 12.1 Å². The van der Waals surface area contributed by atoms with Crippen molar-refractivity contribution in [3.8, 4) is 11.3 Å². The van der Waals surface area contributed by atoms with Crippen molar-refractivity contribution in [2.75, 3.05) is 62.8 Å². The number of hydrogen-bond acceptors (Lipinski definition) is 8. The third-order valence-electron chi connectivity index (χ3n) is 5.50. The molecule has 2 aliphatic rings. The number of rotatable bonds is 5. The van der Waals surface area contributed by atoms with Crippen LogP contribution in [-0.4, -0.2) is 73.6 Å². The van der Waals surface area contributed by atoms with Crippen molar-refractivity contribution in [2.45, 2.75) is 6.10 Å². The van der Waals surface area contributed by atoms with Crippen molar-refractivity contribution in [1.29, 1.82) is 0 Å². The van der Waals surface area contributed by atoms with Crippen LogP contribution in [0.25, 0.3) is 22.3 Å². The summed E-state index contributed by atoms with van der Waals surface area (Å²) in [5.74, 6) is 0.738. The van der Waals surface area contributed by atoms with Gasteiger partial charge in [0, 0.05) is 56.4 Å². The van der Waals surface area contributed by atoms with Crippen LogP contribution >= 0.6 is 13.5 Å². The first-order chi connectivity index (χ1) is 14.9. The highest BCUT2D eigenvalue weighted by Crippen LogP contribution is 2.27. The maximum Gasteiger partial charge on any atom is 0.154 e. The second kappa shape index (κ2) is 10.2. The van der Waals surface area contributed by atoms with Crippen LogP contribution in [0, 0.1) is 0 Å². The van der Waals surface area contributed by atoms with Crippen molar-refractivity contribution in [3.05, 3.63) is 42.7 Å². The molecule has 2 fully saturated rings. The summed E-state index contributed by atoms with van der Waals surface area (Å²) in [6, 6.07) is 10.5. The summed E-state index contributed by atoms with van der Waals surface area (Å²) in [6.07, 6.45) is 3.53. The Balaban J connectivity index is 0.00000231. The quantitative estimate of drug-likeness (QED) is 0.624. The molecule has 0 aliphatic carbocycles. The highest BCUT2D eigenvalue weighted by Gasteiger charge is 2.16. The number of anilines is 2. The van der Waals surface area contributed by atoms with Gasteiger partial charge in [-0.2, -0.15) is 13.5 Å². The molecular weight excluding hydrogens is 412 g/mol. The number of hydrogen-bond donors (Lipinski definition) is 2. The molecular formula is C22H28N6O2S. The molecule has 0 amide bonds. The monoisotopic (exact) mass is 440 g/mol. The van der Waals surface area contributed by atoms with Crippen LogP contribution in [0.15, 0.2) is 42.7 Å². The Bertz CT molecular complexity index is 991. The number of nitrogens with zero attached hydrogens (tertiary/aromatic N) is 4. The molecule has 2 aromatic heterocycles. The number of ether oxygens (including phenoxy) is 2. The third kappa shape index (κ3) is 5.07. The Kier molecular flexibility index (Phi) is 7.18. The molecule has 1 atom stereocenters. The Morgan fingerprint density at radius 2 is 1.87 bits per heavy atom. The Hall–Kier alpha value is -2.46. The van der Waals surface area contributed by atoms with Crippen LogP contribution < -0.4 is 15.5 Å². The molecule has 8 nitrogen and oxygen atoms in total. The van der Waals surface area contributed by atoms with Gasteiger partial charge < -0.3 is 25.0 Å². The zero-order valence-electron chi connectivity index (χ0n) is 17.4. The number of aromatic nitrogens is 3. The lowest BCUT2D eigenvalue weighted by Gasteiger charge is -2.28. The molecule has 0 bridgehead atoms. The molecule has 31 heavy (non-hydrogen) atoms. The van der Waals surface area contributed by atoms with Gasteiger partial charge in [0.05, 0.1) is 37.1 Å². The van der Waals surface area contributed by atoms with Gasteiger partial charge in [-0.15, -0.1) is 0 Å². The molecule has 0 radical (unpaired) electrons. The standard InChI is InChI=1S/C22H26N6O2.H2S/c1-3-17(28-8-11-29-12-9-28)4-2-16(1)19-13-20-21(25-6-5-24-20)22(27-19)26-15-18-14-23-7-10-30-18;/h1-6,13,18,23H,7-12,14-15H2,(H,26,27);1H2/t18-;/m0./s1. The van der Waals surface area contributed by atoms with Crippen molar-refractivity contribution in [2.24, 2.45) is 0 Å². The molecule has 2 saturated heterocycles. The molecule has 164 valence electrons. The zero-order valence-corrected chi connectivity index (χ0v) is 18.4. The van der Waals surface area contributed by atoms with Gasteiger partial charge in [-0.25, -0.2) is 9.97 Å². The van der Waals surface area contributed by atoms with E-state index in [-0.39, 0.29) is 19.6 Å². The Morgan fingerprint density at radius 3 is 2.65 bits per heavy atom. The smallest absolute Gasteiger partial charge is 0.154 e. The number of pyridine rings is 1. The van der Waals surface area contributed by atoms with E-state index in [9.17, 15) is 0 Å². The topological polar surface area (TPSA) is 84.4 Å². The maximum absolute atomic E-state index is 5.80. The van der Waals surface area contributed by atoms with E-state index in [1.807, 2.05) is 6.07 Å². The fourth-order valence-corrected chi connectivity index (χ4v) is 3.87. The molecule has 9 heteroatoms. The third-order valence-corrected chi connectivity index (χ3v) is 5.50. The van der Waals surface area contributed by atoms with Crippen molar-refractivity contribution in [3.63, 3.8) is 0 Å². The van der Waals surface area contributed by atoms with Crippen LogP contribution in [0.4, 0.5) is 11.5 Å². The van der Waals surface area contributed by atoms with Gasteiger partial charge in [0.1, 0.15) is 5.52 Å². The summed E-state index contributed by atoms with van der Waals surface area (Å²) in [7, 11) is 0. The molecule has 1 aromatic carbocycles. The molecule has 5 rings (SSSR count). The molecule has 0 spiro atoms. The minimum atomic E-state index is 0. The van der Waals surface area contributed by atoms with Gasteiger partial charge in [0.2, 0.25) is 0 Å². The molecule has 0 unspecified atom stereocenters. The average Bonchev–Trinajstić information content (AvgIpc) is 2.84. The predicted octanol–water partition coefficient (Wildman–Crippen LogP) is 2.04. The minimum Gasteiger partial charge on any atom is -0.378 e. The number of fused-ring (bicyclic) bond motifs is 1. The van der Waals surface area contributed by atoms with Crippen molar-refractivity contribution < 1.29 is 9.47 Å². The molecule has 4 heterocycles. The van der Waals surface area contributed by atoms with E-state index in [1.54, 1.807) is 12.4 Å². The first kappa shape index (κ1) is 21.8. The van der Waals surface area contributed by atoms with E-state index in [0.29, 0.717) is 6.54 Å². The Morgan fingerprint density at radius 1 is 1.06 bits per heavy atom. The van der Waals surface area contributed by atoms with Gasteiger partial charge in [0.25, 0.3) is 0 Å². The molecule has 3 aromatic rings. The zero-order chi connectivity index (χ0) is 20.2. The van der Waals surface area contributed by atoms with Gasteiger partial charge in [-0.3, -0.25) is 4.98 Å². The summed E-state index contributed by atoms with van der Waals surface area (Å²) in [5.41, 5.74) is 4.74. The lowest BCUT2D eigenvalue weighted by atomic mass is 10.1. The predicted molar refractivity (Wildman–Crippen MR) is 127 cm³/mol. The normalized spacial score (nSPS) is 19.1. The van der Waals surface area contributed by atoms with E-state index < -0.39 is 0 Å². The molecule has 2 N–H and O–H groups in total. The summed E-state index contributed by atoms with van der Waals surface area (Å²) < 4.78 is 11.2. The van der Waals surface area contributed by atoms with E-state index in [2.05, 4.69) is 49.8 Å². The highest BCUT2D eigenvalue weighted by molar-refractivity contribution is 7.59. The van der Waals surface area contributed by atoms with Gasteiger partial charge in [0.15, 0.2) is 5.82 Å². The second-order valence-corrected chi connectivity index (χ2v) is 7.50. The summed E-state index contributed by atoms with van der Waals surface area (Å²) in [4.78, 5) is 16.2. The average molecular weight is 441 g/mol. The van der Waals surface area contributed by atoms with Crippen LogP contribution in [-0.2, 0) is 9.47 Å². The van der Waals surface area contributed by atoms with Crippen LogP contribution in [0.3, 0.4) is 0 Å². The number of benzene rings is 1. The molecule has 0 saturated carbocycles. The van der Waals surface area contributed by atoms with E-state index in [1.165, 1.54) is 5.69 Å². The van der Waals surface area contributed by atoms with Gasteiger partial charge in [-0.05, 0) is 18.2 Å². The van der Waals surface area contributed by atoms with Crippen molar-refractivity contribution in [1.82, 2.24) is 20.3 Å². The lowest BCUT2D eigenvalue weighted by Crippen LogP contribution is -2.42. The molecule has 2 aliphatic heterocycles. The first-order valence-electron chi connectivity index (χ1n) is 10.5. The van der Waals surface area contributed by atoms with Gasteiger partial charge >= 0.3 is 0 Å². The largest absolute Gasteiger partial charge is 0.378 e. The summed E-state index contributed by atoms with van der Waals surface area (Å²) >= 11 is 0. The number of morpholine rings is 2. The highest BCUT2D eigenvalue weighted by atomic mass is 32.1. The number of nitrogens with one attached hydrogen (secondary N) is 2. The van der Waals surface area contributed by atoms with Crippen molar-refractivity contribution >= 4 is 36.0 Å². The summed E-state index contributed by atoms with van der Waals surface area (Å²) in [5, 5.41) is 6.78. The SMILES string of the molecule is S.c1cnc2c(NC[C@@H]3CNCCO3)nc(-c3ccc(N4CCOCC4)cc3)cc2n1. The minimum absolute atomic E-state index is 0. The fraction of sp³-hybridized carbons (Fsp3) is 0.409. The van der Waals surface area contributed by atoms with Crippen LogP contribution in [0.2, 0.25) is 0 Å². The maximum atomic E-state index is 5.80.